The Labute approximate surface area is 113 Å². The topological polar surface area (TPSA) is 42.0 Å². The normalized spacial score (nSPS) is 10.4. The summed E-state index contributed by atoms with van der Waals surface area (Å²) >= 11 is 0. The fraction of sp³-hybridized carbons (Fsp3) is 0.143. The zero-order valence-electron chi connectivity index (χ0n) is 10.6. The van der Waals surface area contributed by atoms with Crippen LogP contribution in [0.2, 0.25) is 0 Å². The highest BCUT2D eigenvalue weighted by Gasteiger charge is 2.13. The number of hydrogen-bond acceptors (Lipinski definition) is 2. The van der Waals surface area contributed by atoms with Gasteiger partial charge in [-0.25, -0.2) is 18.2 Å². The van der Waals surface area contributed by atoms with Crippen molar-refractivity contribution in [3.05, 3.63) is 64.7 Å². The molecule has 1 aromatic heterocycles. The van der Waals surface area contributed by atoms with Gasteiger partial charge in [0.25, 0.3) is 5.91 Å². The van der Waals surface area contributed by atoms with Crippen molar-refractivity contribution in [3.8, 4) is 0 Å². The molecule has 0 radical (unpaired) electrons. The third kappa shape index (κ3) is 3.14. The Morgan fingerprint density at radius 2 is 1.85 bits per heavy atom. The summed E-state index contributed by atoms with van der Waals surface area (Å²) in [6, 6.07) is 5.98. The number of hydrogen-bond donors (Lipinski definition) is 1. The molecular weight excluding hydrogens is 269 g/mol. The van der Waals surface area contributed by atoms with Crippen molar-refractivity contribution in [2.75, 3.05) is 0 Å². The highest BCUT2D eigenvalue weighted by atomic mass is 19.1. The molecule has 0 saturated heterocycles. The maximum absolute atomic E-state index is 13.4. The fourth-order valence-electron chi connectivity index (χ4n) is 1.67. The van der Waals surface area contributed by atoms with Gasteiger partial charge in [0.05, 0.1) is 0 Å². The summed E-state index contributed by atoms with van der Waals surface area (Å²) in [5.74, 6) is -3.65. The molecule has 0 aliphatic carbocycles. The average Bonchev–Trinajstić information content (AvgIpc) is 2.37. The second-order valence-electron chi connectivity index (χ2n) is 4.19. The van der Waals surface area contributed by atoms with Gasteiger partial charge in [-0.3, -0.25) is 4.79 Å². The molecule has 0 aliphatic rings. The van der Waals surface area contributed by atoms with Crippen LogP contribution in [0.3, 0.4) is 0 Å². The number of amides is 1. The largest absolute Gasteiger partial charge is 0.346 e. The van der Waals surface area contributed by atoms with Crippen LogP contribution in [0.5, 0.6) is 0 Å². The molecule has 0 fully saturated rings. The van der Waals surface area contributed by atoms with E-state index in [-0.39, 0.29) is 12.2 Å². The molecule has 2 aromatic rings. The number of aryl methyl sites for hydroxylation is 1. The van der Waals surface area contributed by atoms with E-state index in [0.29, 0.717) is 17.8 Å². The predicted molar refractivity (Wildman–Crippen MR) is 66.5 cm³/mol. The van der Waals surface area contributed by atoms with E-state index in [1.165, 1.54) is 6.07 Å². The van der Waals surface area contributed by atoms with E-state index in [1.807, 2.05) is 0 Å². The summed E-state index contributed by atoms with van der Waals surface area (Å²) in [7, 11) is 0. The molecule has 0 atom stereocenters. The monoisotopic (exact) mass is 280 g/mol. The maximum Gasteiger partial charge on any atom is 0.270 e. The van der Waals surface area contributed by atoms with Gasteiger partial charge in [-0.15, -0.1) is 0 Å². The number of carbonyl (C=O) groups excluding carboxylic acids is 1. The lowest BCUT2D eigenvalue weighted by Gasteiger charge is -2.07. The standard InChI is InChI=1S/C14H11F3N2O/c1-8-3-2-4-13(19-8)14(20)18-7-10-11(16)5-9(15)6-12(10)17/h2-6H,7H2,1H3,(H,18,20). The lowest BCUT2D eigenvalue weighted by molar-refractivity contribution is 0.0945. The molecule has 2 rings (SSSR count). The number of benzene rings is 1. The molecule has 6 heteroatoms. The summed E-state index contributed by atoms with van der Waals surface area (Å²) in [6.07, 6.45) is 0. The van der Waals surface area contributed by atoms with Crippen LogP contribution in [0.25, 0.3) is 0 Å². The van der Waals surface area contributed by atoms with E-state index in [9.17, 15) is 18.0 Å². The molecular formula is C14H11F3N2O. The van der Waals surface area contributed by atoms with Crippen LogP contribution in [-0.4, -0.2) is 10.9 Å². The molecule has 0 unspecified atom stereocenters. The van der Waals surface area contributed by atoms with Gasteiger partial charge in [-0.05, 0) is 19.1 Å². The summed E-state index contributed by atoms with van der Waals surface area (Å²) in [5, 5.41) is 2.34. The number of halogens is 3. The average molecular weight is 280 g/mol. The number of nitrogens with zero attached hydrogens (tertiary/aromatic N) is 1. The van der Waals surface area contributed by atoms with Crippen molar-refractivity contribution in [2.24, 2.45) is 0 Å². The zero-order valence-corrected chi connectivity index (χ0v) is 10.6. The fourth-order valence-corrected chi connectivity index (χ4v) is 1.67. The third-order valence-corrected chi connectivity index (χ3v) is 2.65. The summed E-state index contributed by atoms with van der Waals surface area (Å²) in [5.41, 5.74) is 0.400. The van der Waals surface area contributed by atoms with E-state index < -0.39 is 28.9 Å². The van der Waals surface area contributed by atoms with Crippen molar-refractivity contribution in [2.45, 2.75) is 13.5 Å². The second-order valence-corrected chi connectivity index (χ2v) is 4.19. The third-order valence-electron chi connectivity index (χ3n) is 2.65. The Balaban J connectivity index is 2.11. The molecule has 1 aromatic carbocycles. The minimum absolute atomic E-state index is 0.146. The van der Waals surface area contributed by atoms with Crippen molar-refractivity contribution >= 4 is 5.91 Å². The quantitative estimate of drug-likeness (QED) is 0.939. The van der Waals surface area contributed by atoms with Crippen LogP contribution in [0.4, 0.5) is 13.2 Å². The van der Waals surface area contributed by atoms with Crippen LogP contribution in [0.15, 0.2) is 30.3 Å². The number of nitrogens with one attached hydrogen (secondary N) is 1. The minimum atomic E-state index is -1.04. The highest BCUT2D eigenvalue weighted by Crippen LogP contribution is 2.14. The van der Waals surface area contributed by atoms with E-state index in [4.69, 9.17) is 0 Å². The van der Waals surface area contributed by atoms with Crippen molar-refractivity contribution in [1.29, 1.82) is 0 Å². The van der Waals surface area contributed by atoms with Crippen LogP contribution in [0, 0.1) is 24.4 Å². The van der Waals surface area contributed by atoms with Crippen molar-refractivity contribution in [3.63, 3.8) is 0 Å². The number of carbonyl (C=O) groups is 1. The Morgan fingerprint density at radius 3 is 2.45 bits per heavy atom. The van der Waals surface area contributed by atoms with E-state index >= 15 is 0 Å². The highest BCUT2D eigenvalue weighted by molar-refractivity contribution is 5.92. The predicted octanol–water partition coefficient (Wildman–Crippen LogP) is 2.74. The summed E-state index contributed by atoms with van der Waals surface area (Å²) in [4.78, 5) is 15.8. The smallest absolute Gasteiger partial charge is 0.270 e. The van der Waals surface area contributed by atoms with Gasteiger partial charge in [0.15, 0.2) is 0 Å². The van der Waals surface area contributed by atoms with Gasteiger partial charge in [-0.2, -0.15) is 0 Å². The SMILES string of the molecule is Cc1cccc(C(=O)NCc2c(F)cc(F)cc2F)n1. The first-order valence-electron chi connectivity index (χ1n) is 5.82. The Morgan fingerprint density at radius 1 is 1.20 bits per heavy atom. The van der Waals surface area contributed by atoms with Crippen molar-refractivity contribution < 1.29 is 18.0 Å². The van der Waals surface area contributed by atoms with Crippen LogP contribution in [-0.2, 0) is 6.54 Å². The molecule has 1 heterocycles. The molecule has 0 spiro atoms. The van der Waals surface area contributed by atoms with Gasteiger partial charge in [0.1, 0.15) is 23.1 Å². The molecule has 0 bridgehead atoms. The van der Waals surface area contributed by atoms with E-state index in [2.05, 4.69) is 10.3 Å². The first-order valence-corrected chi connectivity index (χ1v) is 5.82. The number of aromatic nitrogens is 1. The summed E-state index contributed by atoms with van der Waals surface area (Å²) in [6.45, 7) is 1.34. The maximum atomic E-state index is 13.4. The second kappa shape index (κ2) is 5.73. The molecule has 3 nitrogen and oxygen atoms in total. The molecule has 1 amide bonds. The van der Waals surface area contributed by atoms with Crippen LogP contribution >= 0.6 is 0 Å². The number of pyridine rings is 1. The Bertz CT molecular complexity index is 636. The van der Waals surface area contributed by atoms with E-state index in [0.717, 1.165) is 0 Å². The molecule has 1 N–H and O–H groups in total. The first-order chi connectivity index (χ1) is 9.47. The molecule has 0 aliphatic heterocycles. The first kappa shape index (κ1) is 14.0. The van der Waals surface area contributed by atoms with Gasteiger partial charge in [-0.1, -0.05) is 6.07 Å². The van der Waals surface area contributed by atoms with Gasteiger partial charge >= 0.3 is 0 Å². The Kier molecular flexibility index (Phi) is 4.02. The molecule has 104 valence electrons. The number of rotatable bonds is 3. The van der Waals surface area contributed by atoms with Gasteiger partial charge < -0.3 is 5.32 Å². The zero-order chi connectivity index (χ0) is 14.7. The van der Waals surface area contributed by atoms with Crippen molar-refractivity contribution in [1.82, 2.24) is 10.3 Å². The minimum Gasteiger partial charge on any atom is -0.346 e. The van der Waals surface area contributed by atoms with Gasteiger partial charge in [0.2, 0.25) is 0 Å². The molecule has 0 saturated carbocycles. The summed E-state index contributed by atoms with van der Waals surface area (Å²) < 4.78 is 39.5. The molecule has 20 heavy (non-hydrogen) atoms. The van der Waals surface area contributed by atoms with E-state index in [1.54, 1.807) is 19.1 Å². The van der Waals surface area contributed by atoms with Gasteiger partial charge in [0, 0.05) is 29.9 Å². The Hall–Kier alpha value is -2.37. The lowest BCUT2D eigenvalue weighted by Crippen LogP contribution is -2.25. The lowest BCUT2D eigenvalue weighted by atomic mass is 10.2. The van der Waals surface area contributed by atoms with Crippen LogP contribution < -0.4 is 5.32 Å². The van der Waals surface area contributed by atoms with Crippen LogP contribution in [0.1, 0.15) is 21.7 Å².